The molecular formula is C14H18Cl2N2O2. The highest BCUT2D eigenvalue weighted by Gasteiger charge is 2.20. The first-order chi connectivity index (χ1) is 9.54. The predicted octanol–water partition coefficient (Wildman–Crippen LogP) is 2.76. The SMILES string of the molecule is NC1CCC(NC(=O)COc2ccc(Cl)c(Cl)c2)CC1. The van der Waals surface area contributed by atoms with Crippen molar-refractivity contribution in [3.8, 4) is 5.75 Å². The van der Waals surface area contributed by atoms with E-state index in [1.165, 1.54) is 0 Å². The van der Waals surface area contributed by atoms with Crippen LogP contribution in [0.1, 0.15) is 25.7 Å². The van der Waals surface area contributed by atoms with E-state index in [1.54, 1.807) is 18.2 Å². The number of nitrogens with two attached hydrogens (primary N) is 1. The second-order valence-corrected chi connectivity index (χ2v) is 5.86. The highest BCUT2D eigenvalue weighted by molar-refractivity contribution is 6.42. The third-order valence-corrected chi connectivity index (χ3v) is 4.14. The van der Waals surface area contributed by atoms with Crippen molar-refractivity contribution in [1.82, 2.24) is 5.32 Å². The molecule has 1 saturated carbocycles. The summed E-state index contributed by atoms with van der Waals surface area (Å²) < 4.78 is 5.39. The Bertz CT molecular complexity index is 474. The molecule has 1 fully saturated rings. The standard InChI is InChI=1S/C14H18Cl2N2O2/c15-12-6-5-11(7-13(12)16)20-8-14(19)18-10-3-1-9(17)2-4-10/h5-7,9-10H,1-4,8,17H2,(H,18,19). The maximum absolute atomic E-state index is 11.8. The van der Waals surface area contributed by atoms with E-state index >= 15 is 0 Å². The Morgan fingerprint density at radius 2 is 1.95 bits per heavy atom. The van der Waals surface area contributed by atoms with Gasteiger partial charge in [-0.1, -0.05) is 23.2 Å². The number of rotatable bonds is 4. The van der Waals surface area contributed by atoms with Crippen LogP contribution < -0.4 is 15.8 Å². The van der Waals surface area contributed by atoms with Gasteiger partial charge in [-0.3, -0.25) is 4.79 Å². The lowest BCUT2D eigenvalue weighted by atomic mass is 9.92. The van der Waals surface area contributed by atoms with Crippen LogP contribution in [0.4, 0.5) is 0 Å². The summed E-state index contributed by atoms with van der Waals surface area (Å²) in [5.74, 6) is 0.400. The summed E-state index contributed by atoms with van der Waals surface area (Å²) in [6, 6.07) is 5.40. The van der Waals surface area contributed by atoms with Crippen LogP contribution >= 0.6 is 23.2 Å². The van der Waals surface area contributed by atoms with Gasteiger partial charge in [0, 0.05) is 18.2 Å². The van der Waals surface area contributed by atoms with Crippen LogP contribution in [-0.2, 0) is 4.79 Å². The molecule has 20 heavy (non-hydrogen) atoms. The number of hydrogen-bond donors (Lipinski definition) is 2. The average molecular weight is 317 g/mol. The summed E-state index contributed by atoms with van der Waals surface area (Å²) in [7, 11) is 0. The molecule has 0 aromatic heterocycles. The number of carbonyl (C=O) groups excluding carboxylic acids is 1. The molecule has 3 N–H and O–H groups in total. The van der Waals surface area contributed by atoms with E-state index < -0.39 is 0 Å². The summed E-state index contributed by atoms with van der Waals surface area (Å²) in [6.07, 6.45) is 3.77. The molecular weight excluding hydrogens is 299 g/mol. The lowest BCUT2D eigenvalue weighted by Crippen LogP contribution is -2.42. The minimum absolute atomic E-state index is 0.0273. The molecule has 0 unspecified atom stereocenters. The van der Waals surface area contributed by atoms with Crippen molar-refractivity contribution in [3.05, 3.63) is 28.2 Å². The van der Waals surface area contributed by atoms with E-state index in [4.69, 9.17) is 33.7 Å². The summed E-state index contributed by atoms with van der Waals surface area (Å²) in [5, 5.41) is 3.83. The van der Waals surface area contributed by atoms with Crippen LogP contribution in [0, 0.1) is 0 Å². The lowest BCUT2D eigenvalue weighted by Gasteiger charge is -2.26. The smallest absolute Gasteiger partial charge is 0.258 e. The van der Waals surface area contributed by atoms with Gasteiger partial charge < -0.3 is 15.8 Å². The summed E-state index contributed by atoms with van der Waals surface area (Å²) in [4.78, 5) is 11.8. The average Bonchev–Trinajstić information content (AvgIpc) is 2.43. The Morgan fingerprint density at radius 1 is 1.25 bits per heavy atom. The van der Waals surface area contributed by atoms with Crippen LogP contribution in [0.3, 0.4) is 0 Å². The monoisotopic (exact) mass is 316 g/mol. The zero-order chi connectivity index (χ0) is 14.5. The van der Waals surface area contributed by atoms with Gasteiger partial charge in [0.15, 0.2) is 6.61 Å². The lowest BCUT2D eigenvalue weighted by molar-refractivity contribution is -0.124. The zero-order valence-electron chi connectivity index (χ0n) is 11.1. The van der Waals surface area contributed by atoms with E-state index in [1.807, 2.05) is 0 Å². The summed E-state index contributed by atoms with van der Waals surface area (Å²) in [6.45, 7) is -0.0273. The van der Waals surface area contributed by atoms with Crippen molar-refractivity contribution in [2.45, 2.75) is 37.8 Å². The van der Waals surface area contributed by atoms with Crippen molar-refractivity contribution in [2.24, 2.45) is 5.73 Å². The molecule has 2 rings (SSSR count). The Kier molecular flexibility index (Phi) is 5.52. The maximum Gasteiger partial charge on any atom is 0.258 e. The van der Waals surface area contributed by atoms with Gasteiger partial charge in [0.05, 0.1) is 10.0 Å². The molecule has 1 aromatic carbocycles. The Morgan fingerprint density at radius 3 is 2.60 bits per heavy atom. The normalized spacial score (nSPS) is 22.4. The Labute approximate surface area is 128 Å². The van der Waals surface area contributed by atoms with E-state index in [0.717, 1.165) is 25.7 Å². The molecule has 1 aliphatic rings. The number of halogens is 2. The molecule has 0 spiro atoms. The maximum atomic E-state index is 11.8. The molecule has 110 valence electrons. The van der Waals surface area contributed by atoms with Gasteiger partial charge >= 0.3 is 0 Å². The van der Waals surface area contributed by atoms with Gasteiger partial charge in [-0.15, -0.1) is 0 Å². The van der Waals surface area contributed by atoms with Gasteiger partial charge in [0.25, 0.3) is 5.91 Å². The van der Waals surface area contributed by atoms with Crippen LogP contribution in [0.2, 0.25) is 10.0 Å². The van der Waals surface area contributed by atoms with E-state index in [2.05, 4.69) is 5.32 Å². The number of benzene rings is 1. The van der Waals surface area contributed by atoms with E-state index in [0.29, 0.717) is 15.8 Å². The second kappa shape index (κ2) is 7.16. The number of carbonyl (C=O) groups is 1. The zero-order valence-corrected chi connectivity index (χ0v) is 12.6. The molecule has 0 radical (unpaired) electrons. The minimum Gasteiger partial charge on any atom is -0.484 e. The fourth-order valence-corrected chi connectivity index (χ4v) is 2.54. The van der Waals surface area contributed by atoms with Gasteiger partial charge in [0.1, 0.15) is 5.75 Å². The van der Waals surface area contributed by atoms with Gasteiger partial charge in [-0.2, -0.15) is 0 Å². The summed E-state index contributed by atoms with van der Waals surface area (Å²) in [5.41, 5.74) is 5.83. The summed E-state index contributed by atoms with van der Waals surface area (Å²) >= 11 is 11.7. The molecule has 1 aliphatic carbocycles. The topological polar surface area (TPSA) is 64.3 Å². The van der Waals surface area contributed by atoms with Gasteiger partial charge in [-0.05, 0) is 37.8 Å². The largest absolute Gasteiger partial charge is 0.484 e. The third kappa shape index (κ3) is 4.54. The number of nitrogens with one attached hydrogen (secondary N) is 1. The molecule has 0 saturated heterocycles. The predicted molar refractivity (Wildman–Crippen MR) is 80.3 cm³/mol. The van der Waals surface area contributed by atoms with E-state index in [-0.39, 0.29) is 24.6 Å². The van der Waals surface area contributed by atoms with Crippen LogP contribution in [0.25, 0.3) is 0 Å². The van der Waals surface area contributed by atoms with Crippen molar-refractivity contribution in [3.63, 3.8) is 0 Å². The molecule has 1 aromatic rings. The first-order valence-corrected chi connectivity index (χ1v) is 7.43. The van der Waals surface area contributed by atoms with Gasteiger partial charge in [0.2, 0.25) is 0 Å². The Balaban J connectivity index is 1.76. The second-order valence-electron chi connectivity index (χ2n) is 5.04. The van der Waals surface area contributed by atoms with Crippen LogP contribution in [0.15, 0.2) is 18.2 Å². The van der Waals surface area contributed by atoms with Crippen molar-refractivity contribution in [1.29, 1.82) is 0 Å². The van der Waals surface area contributed by atoms with Crippen LogP contribution in [-0.4, -0.2) is 24.6 Å². The van der Waals surface area contributed by atoms with Crippen molar-refractivity contribution >= 4 is 29.1 Å². The first-order valence-electron chi connectivity index (χ1n) is 6.67. The quantitative estimate of drug-likeness (QED) is 0.897. The van der Waals surface area contributed by atoms with Crippen LogP contribution in [0.5, 0.6) is 5.75 Å². The highest BCUT2D eigenvalue weighted by Crippen LogP contribution is 2.26. The van der Waals surface area contributed by atoms with E-state index in [9.17, 15) is 4.79 Å². The first kappa shape index (κ1) is 15.4. The third-order valence-electron chi connectivity index (χ3n) is 3.40. The highest BCUT2D eigenvalue weighted by atomic mass is 35.5. The number of ether oxygens (including phenoxy) is 1. The molecule has 1 amide bonds. The Hall–Kier alpha value is -0.970. The van der Waals surface area contributed by atoms with Crippen molar-refractivity contribution < 1.29 is 9.53 Å². The fourth-order valence-electron chi connectivity index (χ4n) is 2.25. The fraction of sp³-hybridized carbons (Fsp3) is 0.500. The minimum atomic E-state index is -0.128. The van der Waals surface area contributed by atoms with Gasteiger partial charge in [-0.25, -0.2) is 0 Å². The number of hydrogen-bond acceptors (Lipinski definition) is 3. The molecule has 4 nitrogen and oxygen atoms in total. The molecule has 0 aliphatic heterocycles. The van der Waals surface area contributed by atoms with Crippen molar-refractivity contribution in [2.75, 3.05) is 6.61 Å². The molecule has 0 atom stereocenters. The number of amides is 1. The molecule has 0 bridgehead atoms. The molecule has 6 heteroatoms. The molecule has 0 heterocycles.